The van der Waals surface area contributed by atoms with E-state index in [0.29, 0.717) is 45.5 Å². The first-order chi connectivity index (χ1) is 23.3. The van der Waals surface area contributed by atoms with Crippen LogP contribution in [0.3, 0.4) is 0 Å². The molecule has 0 aliphatic heterocycles. The number of nitriles is 1. The number of anilines is 1. The fourth-order valence-electron chi connectivity index (χ4n) is 5.06. The predicted octanol–water partition coefficient (Wildman–Crippen LogP) is 6.09. The standard InChI is InChI=1S/C35H27FN6O5S/c1-46-30(33(43)41-35-38-13-14-48-35)19-42-29-17-24(34(44)45)11-12-28(29)39-31(42)16-21-5-8-23(9-6-21)27-3-2-4-32(40-27)47-20-25-10-7-22(18-37)15-26(25)36/h2-15,17,30H,16,19-20H2,1H3,(H,44,45)(H,38,41,43)/t30-/m1/s1. The number of methoxy groups -OCH3 is 1. The zero-order chi connectivity index (χ0) is 33.6. The van der Waals surface area contributed by atoms with Gasteiger partial charge in [0.1, 0.15) is 18.2 Å². The molecule has 3 aromatic carbocycles. The molecular weight excluding hydrogens is 635 g/mol. The number of imidazole rings is 1. The quantitative estimate of drug-likeness (QED) is 0.159. The average molecular weight is 663 g/mol. The van der Waals surface area contributed by atoms with Crippen molar-refractivity contribution in [1.29, 1.82) is 5.26 Å². The number of nitrogens with zero attached hydrogens (tertiary/aromatic N) is 5. The van der Waals surface area contributed by atoms with Crippen molar-refractivity contribution < 1.29 is 28.6 Å². The molecule has 2 N–H and O–H groups in total. The fourth-order valence-corrected chi connectivity index (χ4v) is 5.60. The first-order valence-electron chi connectivity index (χ1n) is 14.6. The molecule has 240 valence electrons. The van der Waals surface area contributed by atoms with Crippen molar-refractivity contribution in [3.8, 4) is 23.2 Å². The van der Waals surface area contributed by atoms with Crippen molar-refractivity contribution in [2.75, 3.05) is 12.4 Å². The number of aromatic carboxylic acids is 1. The van der Waals surface area contributed by atoms with E-state index in [1.165, 1.54) is 42.7 Å². The monoisotopic (exact) mass is 662 g/mol. The van der Waals surface area contributed by atoms with Crippen LogP contribution in [0.5, 0.6) is 5.88 Å². The molecule has 6 rings (SSSR count). The summed E-state index contributed by atoms with van der Waals surface area (Å²) in [6, 6.07) is 23.8. The average Bonchev–Trinajstić information content (AvgIpc) is 3.73. The van der Waals surface area contributed by atoms with Gasteiger partial charge in [-0.1, -0.05) is 36.4 Å². The molecule has 13 heteroatoms. The number of amides is 1. The number of carboxylic acid groups (broad SMARTS) is 1. The van der Waals surface area contributed by atoms with Crippen LogP contribution in [0.15, 0.2) is 90.4 Å². The Hall–Kier alpha value is -5.97. The Bertz CT molecular complexity index is 2140. The van der Waals surface area contributed by atoms with Gasteiger partial charge in [-0.3, -0.25) is 10.1 Å². The number of fused-ring (bicyclic) bond motifs is 1. The number of aromatic nitrogens is 4. The van der Waals surface area contributed by atoms with Crippen LogP contribution in [0.1, 0.15) is 32.9 Å². The van der Waals surface area contributed by atoms with Crippen molar-refractivity contribution in [2.45, 2.75) is 25.7 Å². The summed E-state index contributed by atoms with van der Waals surface area (Å²) in [6.45, 7) is 0.0438. The van der Waals surface area contributed by atoms with Crippen molar-refractivity contribution in [1.82, 2.24) is 19.5 Å². The molecule has 1 amide bonds. The number of carbonyl (C=O) groups excluding carboxylic acids is 1. The minimum absolute atomic E-state index is 0.0433. The van der Waals surface area contributed by atoms with Crippen molar-refractivity contribution in [3.05, 3.63) is 124 Å². The van der Waals surface area contributed by atoms with E-state index < -0.39 is 17.9 Å². The van der Waals surface area contributed by atoms with Crippen LogP contribution in [0.2, 0.25) is 0 Å². The second-order valence-corrected chi connectivity index (χ2v) is 11.5. The van der Waals surface area contributed by atoms with Gasteiger partial charge in [-0.2, -0.15) is 5.26 Å². The summed E-state index contributed by atoms with van der Waals surface area (Å²) in [7, 11) is 1.44. The largest absolute Gasteiger partial charge is 0.478 e. The topological polar surface area (TPSA) is 152 Å². The van der Waals surface area contributed by atoms with E-state index in [1.807, 2.05) is 41.0 Å². The molecule has 1 atom stereocenters. The highest BCUT2D eigenvalue weighted by molar-refractivity contribution is 7.13. The maximum Gasteiger partial charge on any atom is 0.335 e. The van der Waals surface area contributed by atoms with Gasteiger partial charge in [-0.15, -0.1) is 11.3 Å². The summed E-state index contributed by atoms with van der Waals surface area (Å²) in [5.74, 6) is -1.04. The lowest BCUT2D eigenvalue weighted by atomic mass is 10.1. The normalized spacial score (nSPS) is 11.6. The van der Waals surface area contributed by atoms with Crippen LogP contribution in [0.25, 0.3) is 22.3 Å². The van der Waals surface area contributed by atoms with Gasteiger partial charge in [0.2, 0.25) is 5.88 Å². The zero-order valence-corrected chi connectivity index (χ0v) is 26.3. The Labute approximate surface area is 277 Å². The minimum Gasteiger partial charge on any atom is -0.478 e. The van der Waals surface area contributed by atoms with Gasteiger partial charge in [-0.25, -0.2) is 24.1 Å². The van der Waals surface area contributed by atoms with E-state index in [1.54, 1.807) is 35.8 Å². The van der Waals surface area contributed by atoms with Crippen LogP contribution in [-0.4, -0.2) is 49.7 Å². The molecular formula is C35H27FN6O5S. The third-order valence-electron chi connectivity index (χ3n) is 7.56. The lowest BCUT2D eigenvalue weighted by Gasteiger charge is -2.17. The summed E-state index contributed by atoms with van der Waals surface area (Å²) < 4.78 is 27.4. The molecule has 0 aliphatic carbocycles. The summed E-state index contributed by atoms with van der Waals surface area (Å²) in [4.78, 5) is 38.3. The van der Waals surface area contributed by atoms with Crippen LogP contribution in [-0.2, 0) is 29.1 Å². The van der Waals surface area contributed by atoms with Gasteiger partial charge >= 0.3 is 5.97 Å². The maximum absolute atomic E-state index is 14.3. The van der Waals surface area contributed by atoms with Crippen molar-refractivity contribution >= 4 is 39.4 Å². The van der Waals surface area contributed by atoms with E-state index in [-0.39, 0.29) is 30.2 Å². The van der Waals surface area contributed by atoms with Gasteiger partial charge in [0.15, 0.2) is 11.2 Å². The Morgan fingerprint density at radius 3 is 2.62 bits per heavy atom. The van der Waals surface area contributed by atoms with Crippen LogP contribution in [0.4, 0.5) is 9.52 Å². The number of hydrogen-bond acceptors (Lipinski definition) is 9. The highest BCUT2D eigenvalue weighted by Crippen LogP contribution is 2.25. The molecule has 3 aromatic heterocycles. The van der Waals surface area contributed by atoms with Crippen LogP contribution < -0.4 is 10.1 Å². The number of benzene rings is 3. The van der Waals surface area contributed by atoms with Crippen LogP contribution >= 0.6 is 11.3 Å². The molecule has 0 fully saturated rings. The van der Waals surface area contributed by atoms with Gasteiger partial charge in [0, 0.05) is 42.3 Å². The molecule has 0 aliphatic rings. The number of nitrogens with one attached hydrogen (secondary N) is 1. The molecule has 6 aromatic rings. The third kappa shape index (κ3) is 7.20. The number of hydrogen-bond donors (Lipinski definition) is 2. The summed E-state index contributed by atoms with van der Waals surface area (Å²) in [6.07, 6.45) is 1.06. The van der Waals surface area contributed by atoms with E-state index >= 15 is 0 Å². The SMILES string of the molecule is CO[C@H](Cn1c(Cc2ccc(-c3cccc(OCc4ccc(C#N)cc4F)n3)cc2)nc2ccc(C(=O)O)cc21)C(=O)Nc1nccs1. The molecule has 0 saturated heterocycles. The number of carbonyl (C=O) groups is 2. The smallest absolute Gasteiger partial charge is 0.335 e. The molecule has 0 radical (unpaired) electrons. The third-order valence-corrected chi connectivity index (χ3v) is 8.24. The fraction of sp³-hybridized carbons (Fsp3) is 0.143. The molecule has 48 heavy (non-hydrogen) atoms. The highest BCUT2D eigenvalue weighted by atomic mass is 32.1. The summed E-state index contributed by atoms with van der Waals surface area (Å²) in [5.41, 5.74) is 4.19. The Morgan fingerprint density at radius 1 is 1.08 bits per heavy atom. The van der Waals surface area contributed by atoms with Gasteiger partial charge in [-0.05, 0) is 42.0 Å². The second kappa shape index (κ2) is 14.2. The molecule has 0 unspecified atom stereocenters. The van der Waals surface area contributed by atoms with E-state index in [4.69, 9.17) is 19.7 Å². The number of ether oxygens (including phenoxy) is 2. The lowest BCUT2D eigenvalue weighted by Crippen LogP contribution is -2.34. The first kappa shape index (κ1) is 32.0. The predicted molar refractivity (Wildman–Crippen MR) is 176 cm³/mol. The van der Waals surface area contributed by atoms with Gasteiger partial charge < -0.3 is 19.1 Å². The van der Waals surface area contributed by atoms with Crippen LogP contribution in [0, 0.1) is 17.1 Å². The molecule has 0 bridgehead atoms. The van der Waals surface area contributed by atoms with Crippen molar-refractivity contribution in [2.24, 2.45) is 0 Å². The maximum atomic E-state index is 14.3. The first-order valence-corrected chi connectivity index (χ1v) is 15.5. The number of rotatable bonds is 12. The molecule has 11 nitrogen and oxygen atoms in total. The highest BCUT2D eigenvalue weighted by Gasteiger charge is 2.23. The molecule has 0 spiro atoms. The van der Waals surface area contributed by atoms with E-state index in [0.717, 1.165) is 11.1 Å². The second-order valence-electron chi connectivity index (χ2n) is 10.6. The van der Waals surface area contributed by atoms with E-state index in [9.17, 15) is 19.1 Å². The number of halogens is 1. The summed E-state index contributed by atoms with van der Waals surface area (Å²) >= 11 is 1.29. The Balaban J connectivity index is 1.22. The molecule has 0 saturated carbocycles. The number of pyridine rings is 1. The van der Waals surface area contributed by atoms with Crippen molar-refractivity contribution in [3.63, 3.8) is 0 Å². The Kier molecular flexibility index (Phi) is 9.47. The summed E-state index contributed by atoms with van der Waals surface area (Å²) in [5, 5.41) is 23.5. The van der Waals surface area contributed by atoms with Gasteiger partial charge in [0.25, 0.3) is 5.91 Å². The zero-order valence-electron chi connectivity index (χ0n) is 25.5. The number of thiazole rings is 1. The van der Waals surface area contributed by atoms with Gasteiger partial charge in [0.05, 0.1) is 40.5 Å². The Morgan fingerprint density at radius 2 is 1.92 bits per heavy atom. The number of carboxylic acids is 1. The lowest BCUT2D eigenvalue weighted by molar-refractivity contribution is -0.126. The van der Waals surface area contributed by atoms with E-state index in [2.05, 4.69) is 15.3 Å². The molecule has 3 heterocycles. The minimum atomic E-state index is -1.07.